The smallest absolute Gasteiger partial charge is 0.350 e. The van der Waals surface area contributed by atoms with E-state index in [0.717, 1.165) is 36.5 Å². The van der Waals surface area contributed by atoms with E-state index in [1.807, 2.05) is 0 Å². The maximum absolute atomic E-state index is 11.9. The summed E-state index contributed by atoms with van der Waals surface area (Å²) < 4.78 is 10.7. The van der Waals surface area contributed by atoms with E-state index in [9.17, 15) is 4.79 Å². The number of ether oxygens (including phenoxy) is 2. The SMILES string of the molecule is COC(=O)c1sc(N2C[C@@H](C)O[C@@H](C)C2)c(C2CC2)c1N. The molecule has 116 valence electrons. The first-order chi connectivity index (χ1) is 10.0. The molecule has 1 aromatic heterocycles. The zero-order valence-electron chi connectivity index (χ0n) is 12.7. The summed E-state index contributed by atoms with van der Waals surface area (Å²) in [5.41, 5.74) is 8.02. The number of nitrogen functional groups attached to an aromatic ring is 1. The molecule has 2 aliphatic rings. The molecule has 0 amide bonds. The molecule has 0 aromatic carbocycles. The highest BCUT2D eigenvalue weighted by Crippen LogP contribution is 2.52. The Hall–Kier alpha value is -1.27. The minimum Gasteiger partial charge on any atom is -0.465 e. The standard InChI is InChI=1S/C15H22N2O3S/c1-8-6-17(7-9(2)20-8)14-11(10-4-5-10)12(16)13(21-14)15(18)19-3/h8-10H,4-7,16H2,1-3H3/t8-,9+. The first-order valence-corrected chi connectivity index (χ1v) is 8.23. The summed E-state index contributed by atoms with van der Waals surface area (Å²) in [4.78, 5) is 14.8. The molecule has 0 radical (unpaired) electrons. The summed E-state index contributed by atoms with van der Waals surface area (Å²) in [6, 6.07) is 0. The number of thiophene rings is 1. The molecule has 2 atom stereocenters. The van der Waals surface area contributed by atoms with Crippen LogP contribution in [0.1, 0.15) is 47.8 Å². The van der Waals surface area contributed by atoms with Crippen molar-refractivity contribution >= 4 is 28.0 Å². The number of nitrogens with two attached hydrogens (primary N) is 1. The highest BCUT2D eigenvalue weighted by atomic mass is 32.1. The van der Waals surface area contributed by atoms with Crippen LogP contribution in [0.5, 0.6) is 0 Å². The van der Waals surface area contributed by atoms with Crippen LogP contribution in [-0.4, -0.2) is 38.4 Å². The lowest BCUT2D eigenvalue weighted by atomic mass is 10.1. The average molecular weight is 310 g/mol. The summed E-state index contributed by atoms with van der Waals surface area (Å²) in [5, 5.41) is 1.14. The van der Waals surface area contributed by atoms with E-state index in [1.165, 1.54) is 18.4 Å². The maximum Gasteiger partial charge on any atom is 0.350 e. The molecule has 0 unspecified atom stereocenters. The van der Waals surface area contributed by atoms with Gasteiger partial charge in [-0.05, 0) is 32.6 Å². The van der Waals surface area contributed by atoms with Gasteiger partial charge >= 0.3 is 5.97 Å². The number of carbonyl (C=O) groups excluding carboxylic acids is 1. The minimum atomic E-state index is -0.333. The zero-order chi connectivity index (χ0) is 15.1. The summed E-state index contributed by atoms with van der Waals surface area (Å²) in [7, 11) is 1.40. The lowest BCUT2D eigenvalue weighted by Crippen LogP contribution is -2.45. The van der Waals surface area contributed by atoms with Crippen molar-refractivity contribution in [1.82, 2.24) is 0 Å². The molecule has 1 aromatic rings. The lowest BCUT2D eigenvalue weighted by Gasteiger charge is -2.36. The summed E-state index contributed by atoms with van der Waals surface area (Å²) in [5.74, 6) is 0.170. The number of carbonyl (C=O) groups is 1. The molecule has 2 N–H and O–H groups in total. The summed E-state index contributed by atoms with van der Waals surface area (Å²) >= 11 is 1.47. The molecule has 3 rings (SSSR count). The molecule has 1 saturated carbocycles. The second kappa shape index (κ2) is 5.50. The molecule has 21 heavy (non-hydrogen) atoms. The van der Waals surface area contributed by atoms with Crippen molar-refractivity contribution in [3.05, 3.63) is 10.4 Å². The van der Waals surface area contributed by atoms with Gasteiger partial charge in [-0.1, -0.05) is 0 Å². The van der Waals surface area contributed by atoms with E-state index in [0.29, 0.717) is 16.5 Å². The largest absolute Gasteiger partial charge is 0.465 e. The summed E-state index contributed by atoms with van der Waals surface area (Å²) in [6.45, 7) is 5.84. The maximum atomic E-state index is 11.9. The highest BCUT2D eigenvalue weighted by molar-refractivity contribution is 7.18. The molecular weight excluding hydrogens is 288 g/mol. The van der Waals surface area contributed by atoms with Gasteiger partial charge in [0.15, 0.2) is 0 Å². The van der Waals surface area contributed by atoms with Gasteiger partial charge in [0.25, 0.3) is 0 Å². The van der Waals surface area contributed by atoms with Crippen LogP contribution in [0.25, 0.3) is 0 Å². The third kappa shape index (κ3) is 2.74. The Labute approximate surface area is 129 Å². The van der Waals surface area contributed by atoms with Crippen LogP contribution in [0.15, 0.2) is 0 Å². The average Bonchev–Trinajstić information content (AvgIpc) is 3.20. The van der Waals surface area contributed by atoms with Crippen molar-refractivity contribution < 1.29 is 14.3 Å². The van der Waals surface area contributed by atoms with Gasteiger partial charge in [0, 0.05) is 18.7 Å². The van der Waals surface area contributed by atoms with Gasteiger partial charge in [-0.25, -0.2) is 4.79 Å². The fraction of sp³-hybridized carbons (Fsp3) is 0.667. The Morgan fingerprint density at radius 3 is 2.48 bits per heavy atom. The zero-order valence-corrected chi connectivity index (χ0v) is 13.5. The van der Waals surface area contributed by atoms with Gasteiger partial charge in [0.05, 0.1) is 30.0 Å². The first kappa shape index (κ1) is 14.7. The number of methoxy groups -OCH3 is 1. The highest BCUT2D eigenvalue weighted by Gasteiger charge is 2.36. The molecule has 5 nitrogen and oxygen atoms in total. The van der Waals surface area contributed by atoms with E-state index >= 15 is 0 Å². The van der Waals surface area contributed by atoms with Crippen molar-refractivity contribution in [2.24, 2.45) is 0 Å². The summed E-state index contributed by atoms with van der Waals surface area (Å²) in [6.07, 6.45) is 2.69. The lowest BCUT2D eigenvalue weighted by molar-refractivity contribution is -0.00505. The second-order valence-electron chi connectivity index (χ2n) is 5.99. The Morgan fingerprint density at radius 2 is 1.95 bits per heavy atom. The number of rotatable bonds is 3. The molecule has 1 aliphatic heterocycles. The van der Waals surface area contributed by atoms with Crippen molar-refractivity contribution in [2.45, 2.75) is 44.8 Å². The molecular formula is C15H22N2O3S. The van der Waals surface area contributed by atoms with Gasteiger partial charge in [-0.2, -0.15) is 0 Å². The van der Waals surface area contributed by atoms with Gasteiger partial charge in [-0.3, -0.25) is 0 Å². The van der Waals surface area contributed by atoms with Gasteiger partial charge in [-0.15, -0.1) is 11.3 Å². The number of hydrogen-bond donors (Lipinski definition) is 1. The van der Waals surface area contributed by atoms with E-state index in [-0.39, 0.29) is 18.2 Å². The van der Waals surface area contributed by atoms with E-state index in [2.05, 4.69) is 18.7 Å². The monoisotopic (exact) mass is 310 g/mol. The van der Waals surface area contributed by atoms with E-state index in [1.54, 1.807) is 0 Å². The topological polar surface area (TPSA) is 64.8 Å². The number of anilines is 2. The van der Waals surface area contributed by atoms with Crippen LogP contribution in [-0.2, 0) is 9.47 Å². The quantitative estimate of drug-likeness (QED) is 0.869. The fourth-order valence-corrected chi connectivity index (χ4v) is 4.28. The Bertz CT molecular complexity index is 543. The molecule has 0 bridgehead atoms. The molecule has 6 heteroatoms. The molecule has 2 fully saturated rings. The van der Waals surface area contributed by atoms with Gasteiger partial charge in [0.2, 0.25) is 0 Å². The number of nitrogens with zero attached hydrogens (tertiary/aromatic N) is 1. The van der Waals surface area contributed by atoms with E-state index < -0.39 is 0 Å². The number of morpholine rings is 1. The number of hydrogen-bond acceptors (Lipinski definition) is 6. The van der Waals surface area contributed by atoms with Crippen molar-refractivity contribution in [3.63, 3.8) is 0 Å². The molecule has 2 heterocycles. The predicted molar refractivity (Wildman–Crippen MR) is 84.3 cm³/mol. The number of esters is 1. The van der Waals surface area contributed by atoms with Crippen molar-refractivity contribution in [1.29, 1.82) is 0 Å². The van der Waals surface area contributed by atoms with Crippen LogP contribution in [0.3, 0.4) is 0 Å². The van der Waals surface area contributed by atoms with Gasteiger partial charge in [0.1, 0.15) is 4.88 Å². The van der Waals surface area contributed by atoms with Crippen LogP contribution in [0.2, 0.25) is 0 Å². The van der Waals surface area contributed by atoms with Gasteiger partial charge < -0.3 is 20.1 Å². The minimum absolute atomic E-state index is 0.186. The van der Waals surface area contributed by atoms with Crippen LogP contribution < -0.4 is 10.6 Å². The normalized spacial score (nSPS) is 26.0. The molecule has 0 spiro atoms. The third-order valence-electron chi connectivity index (χ3n) is 4.03. The van der Waals surface area contributed by atoms with E-state index in [4.69, 9.17) is 15.2 Å². The first-order valence-electron chi connectivity index (χ1n) is 7.42. The van der Waals surface area contributed by atoms with Crippen LogP contribution in [0, 0.1) is 0 Å². The molecule has 1 saturated heterocycles. The van der Waals surface area contributed by atoms with Crippen LogP contribution >= 0.6 is 11.3 Å². The van der Waals surface area contributed by atoms with Crippen molar-refractivity contribution in [3.8, 4) is 0 Å². The predicted octanol–water partition coefficient (Wildman–Crippen LogP) is 2.61. The third-order valence-corrected chi connectivity index (χ3v) is 5.29. The Morgan fingerprint density at radius 1 is 1.33 bits per heavy atom. The fourth-order valence-electron chi connectivity index (χ4n) is 3.03. The van der Waals surface area contributed by atoms with Crippen molar-refractivity contribution in [2.75, 3.05) is 30.8 Å². The Balaban J connectivity index is 1.98. The Kier molecular flexibility index (Phi) is 3.84. The second-order valence-corrected chi connectivity index (χ2v) is 6.99. The molecule has 1 aliphatic carbocycles. The van der Waals surface area contributed by atoms with Crippen LogP contribution in [0.4, 0.5) is 10.7 Å².